The molecule has 4 saturated carbocycles. The summed E-state index contributed by atoms with van der Waals surface area (Å²) in [6.07, 6.45) is 9.78. The maximum atomic E-state index is 12.4. The van der Waals surface area contributed by atoms with Crippen molar-refractivity contribution in [2.75, 3.05) is 13.2 Å². The highest BCUT2D eigenvalue weighted by Gasteiger charge is 2.51. The minimum absolute atomic E-state index is 0.0633. The molecular weight excluding hydrogens is 332 g/mol. The van der Waals surface area contributed by atoms with Crippen molar-refractivity contribution in [3.05, 3.63) is 0 Å². The normalized spacial score (nSPS) is 39.0. The summed E-state index contributed by atoms with van der Waals surface area (Å²) in [4.78, 5) is 24.6. The number of carbonyl (C=O) groups is 2. The van der Waals surface area contributed by atoms with Crippen LogP contribution in [0.1, 0.15) is 64.7 Å². The second kappa shape index (κ2) is 7.47. The van der Waals surface area contributed by atoms with Gasteiger partial charge in [0.15, 0.2) is 0 Å². The summed E-state index contributed by atoms with van der Waals surface area (Å²) in [5.41, 5.74) is 5.34. The first-order chi connectivity index (χ1) is 12.5. The van der Waals surface area contributed by atoms with Crippen molar-refractivity contribution in [1.29, 1.82) is 0 Å². The predicted octanol–water partition coefficient (Wildman–Crippen LogP) is 2.32. The highest BCUT2D eigenvalue weighted by atomic mass is 16.5. The van der Waals surface area contributed by atoms with E-state index in [4.69, 9.17) is 9.47 Å². The van der Waals surface area contributed by atoms with E-state index in [1.807, 2.05) is 0 Å². The summed E-state index contributed by atoms with van der Waals surface area (Å²) < 4.78 is 11.1. The molecule has 0 radical (unpaired) electrons. The summed E-state index contributed by atoms with van der Waals surface area (Å²) >= 11 is 0. The summed E-state index contributed by atoms with van der Waals surface area (Å²) in [5, 5.41) is 0. The molecule has 4 aliphatic carbocycles. The largest absolute Gasteiger partial charge is 0.376 e. The fourth-order valence-electron chi connectivity index (χ4n) is 6.23. The van der Waals surface area contributed by atoms with Crippen molar-refractivity contribution in [2.24, 2.45) is 23.2 Å². The lowest BCUT2D eigenvalue weighted by Crippen LogP contribution is -2.51. The Labute approximate surface area is 155 Å². The molecule has 4 bridgehead atoms. The number of carbonyl (C=O) groups excluding carboxylic acids is 2. The van der Waals surface area contributed by atoms with Gasteiger partial charge < -0.3 is 9.47 Å². The van der Waals surface area contributed by atoms with Crippen LogP contribution < -0.4 is 10.9 Å². The van der Waals surface area contributed by atoms with Crippen LogP contribution in [0.4, 0.5) is 0 Å². The van der Waals surface area contributed by atoms with Gasteiger partial charge in [0.1, 0.15) is 6.10 Å². The molecule has 0 aromatic rings. The quantitative estimate of drug-likeness (QED) is 0.709. The SMILES string of the molecule is CC(OCC1CCCO1)C(=O)NNC(=O)CC12CC3CC(CC(C3)C1)C2. The molecule has 26 heavy (non-hydrogen) atoms. The van der Waals surface area contributed by atoms with Gasteiger partial charge >= 0.3 is 0 Å². The molecule has 5 rings (SSSR count). The molecule has 2 N–H and O–H groups in total. The van der Waals surface area contributed by atoms with Crippen LogP contribution in [0.15, 0.2) is 0 Å². The number of hydrogen-bond acceptors (Lipinski definition) is 4. The third-order valence-corrected chi connectivity index (χ3v) is 6.95. The van der Waals surface area contributed by atoms with E-state index in [0.29, 0.717) is 13.0 Å². The zero-order chi connectivity index (χ0) is 18.1. The second-order valence-electron chi connectivity index (χ2n) is 9.24. The molecule has 5 aliphatic rings. The van der Waals surface area contributed by atoms with Crippen LogP contribution in [-0.4, -0.2) is 37.2 Å². The average molecular weight is 364 g/mol. The maximum Gasteiger partial charge on any atom is 0.267 e. The van der Waals surface area contributed by atoms with Gasteiger partial charge in [-0.3, -0.25) is 20.4 Å². The molecule has 0 spiro atoms. The fraction of sp³-hybridized carbons (Fsp3) is 0.900. The van der Waals surface area contributed by atoms with Gasteiger partial charge in [-0.1, -0.05) is 0 Å². The smallest absolute Gasteiger partial charge is 0.267 e. The topological polar surface area (TPSA) is 76.7 Å². The molecule has 2 unspecified atom stereocenters. The van der Waals surface area contributed by atoms with Crippen LogP contribution in [0.2, 0.25) is 0 Å². The van der Waals surface area contributed by atoms with E-state index in [0.717, 1.165) is 37.2 Å². The Morgan fingerprint density at radius 3 is 2.35 bits per heavy atom. The Bertz CT molecular complexity index is 509. The first-order valence-corrected chi connectivity index (χ1v) is 10.3. The lowest BCUT2D eigenvalue weighted by Gasteiger charge is -2.56. The van der Waals surface area contributed by atoms with E-state index in [1.54, 1.807) is 6.92 Å². The fourth-order valence-corrected chi connectivity index (χ4v) is 6.23. The number of hydrogen-bond donors (Lipinski definition) is 2. The molecule has 6 nitrogen and oxygen atoms in total. The molecule has 1 aliphatic heterocycles. The first-order valence-electron chi connectivity index (χ1n) is 10.3. The van der Waals surface area contributed by atoms with E-state index in [9.17, 15) is 9.59 Å². The van der Waals surface area contributed by atoms with Crippen LogP contribution in [0.5, 0.6) is 0 Å². The van der Waals surface area contributed by atoms with Crippen LogP contribution in [0, 0.1) is 23.2 Å². The molecule has 1 saturated heterocycles. The van der Waals surface area contributed by atoms with Gasteiger partial charge in [-0.05, 0) is 81.5 Å². The van der Waals surface area contributed by atoms with Crippen LogP contribution in [0.25, 0.3) is 0 Å². The summed E-state index contributed by atoms with van der Waals surface area (Å²) in [6, 6.07) is 0. The Balaban J connectivity index is 1.19. The van der Waals surface area contributed by atoms with Crippen molar-refractivity contribution in [3.63, 3.8) is 0 Å². The van der Waals surface area contributed by atoms with Gasteiger partial charge in [-0.25, -0.2) is 0 Å². The maximum absolute atomic E-state index is 12.4. The number of amides is 2. The van der Waals surface area contributed by atoms with Gasteiger partial charge in [0.05, 0.1) is 12.7 Å². The summed E-state index contributed by atoms with van der Waals surface area (Å²) in [7, 11) is 0. The second-order valence-corrected chi connectivity index (χ2v) is 9.24. The number of nitrogens with one attached hydrogen (secondary N) is 2. The molecular formula is C20H32N2O4. The minimum atomic E-state index is -0.598. The van der Waals surface area contributed by atoms with Crippen LogP contribution in [0.3, 0.4) is 0 Å². The van der Waals surface area contributed by atoms with Crippen molar-refractivity contribution < 1.29 is 19.1 Å². The Morgan fingerprint density at radius 1 is 1.12 bits per heavy atom. The molecule has 1 heterocycles. The number of ether oxygens (including phenoxy) is 2. The molecule has 5 fully saturated rings. The van der Waals surface area contributed by atoms with Gasteiger partial charge in [-0.15, -0.1) is 0 Å². The first kappa shape index (κ1) is 18.2. The molecule has 146 valence electrons. The van der Waals surface area contributed by atoms with Gasteiger partial charge in [0, 0.05) is 13.0 Å². The molecule has 2 atom stereocenters. The standard InChI is InChI=1S/C20H32N2O4/c1-13(26-12-17-3-2-4-25-17)19(24)22-21-18(23)11-20-8-14-5-15(9-20)7-16(6-14)10-20/h13-17H,2-12H2,1H3,(H,21,23)(H,22,24). The van der Waals surface area contributed by atoms with E-state index < -0.39 is 6.10 Å². The zero-order valence-corrected chi connectivity index (χ0v) is 15.8. The molecule has 0 aromatic carbocycles. The van der Waals surface area contributed by atoms with E-state index in [-0.39, 0.29) is 23.3 Å². The zero-order valence-electron chi connectivity index (χ0n) is 15.8. The van der Waals surface area contributed by atoms with Crippen LogP contribution >= 0.6 is 0 Å². The molecule has 6 heteroatoms. The number of hydrazine groups is 1. The highest BCUT2D eigenvalue weighted by Crippen LogP contribution is 2.61. The van der Waals surface area contributed by atoms with E-state index in [1.165, 1.54) is 38.5 Å². The summed E-state index contributed by atoms with van der Waals surface area (Å²) in [5.74, 6) is 2.12. The lowest BCUT2D eigenvalue weighted by molar-refractivity contribution is -0.140. The number of rotatable bonds is 6. The minimum Gasteiger partial charge on any atom is -0.376 e. The van der Waals surface area contributed by atoms with E-state index in [2.05, 4.69) is 10.9 Å². The third-order valence-electron chi connectivity index (χ3n) is 6.95. The summed E-state index contributed by atoms with van der Waals surface area (Å²) in [6.45, 7) is 2.90. The predicted molar refractivity (Wildman–Crippen MR) is 95.9 cm³/mol. The average Bonchev–Trinajstić information content (AvgIpc) is 3.09. The Hall–Kier alpha value is -1.14. The van der Waals surface area contributed by atoms with Crippen molar-refractivity contribution in [2.45, 2.75) is 76.9 Å². The monoisotopic (exact) mass is 364 g/mol. The Morgan fingerprint density at radius 2 is 1.77 bits per heavy atom. The Kier molecular flexibility index (Phi) is 5.24. The molecule has 0 aromatic heterocycles. The highest BCUT2D eigenvalue weighted by molar-refractivity contribution is 5.84. The van der Waals surface area contributed by atoms with Crippen molar-refractivity contribution in [1.82, 2.24) is 10.9 Å². The van der Waals surface area contributed by atoms with Gasteiger partial charge in [0.2, 0.25) is 5.91 Å². The van der Waals surface area contributed by atoms with Crippen molar-refractivity contribution >= 4 is 11.8 Å². The third kappa shape index (κ3) is 4.06. The van der Waals surface area contributed by atoms with Crippen LogP contribution in [-0.2, 0) is 19.1 Å². The van der Waals surface area contributed by atoms with Crippen molar-refractivity contribution in [3.8, 4) is 0 Å². The van der Waals surface area contributed by atoms with Gasteiger partial charge in [0.25, 0.3) is 5.91 Å². The molecule has 2 amide bonds. The van der Waals surface area contributed by atoms with Gasteiger partial charge in [-0.2, -0.15) is 0 Å². The van der Waals surface area contributed by atoms with E-state index >= 15 is 0 Å². The lowest BCUT2D eigenvalue weighted by atomic mass is 9.49.